The molecule has 28 heteroatoms. The number of phosphoric acid groups is 3. The summed E-state index contributed by atoms with van der Waals surface area (Å²) in [6.45, 7) is 2.49. The molecule has 1 aliphatic rings. The number of hydrogen-bond donors (Lipinski definition) is 9. The highest BCUT2D eigenvalue weighted by atomic mass is 32.2. The van der Waals surface area contributed by atoms with Crippen LogP contribution in [0.4, 0.5) is 5.82 Å². The number of aliphatic hydroxyl groups excluding tert-OH is 2. The molecule has 2 amide bonds. The SMILES string of the molecule is CCC(=O)CCSCCNC(=O)CCNC(=O)[C@H](O)C(C)(C)COP(=O)(O)OP(=O)(O)OC[C@H]1O[C@@H](n2cnc3c(N)ncnc32)[C@H](O)[C@@H]1OP(=O)(O)O. The molecule has 7 atom stereocenters. The van der Waals surface area contributed by atoms with Gasteiger partial charge < -0.3 is 50.9 Å². The lowest BCUT2D eigenvalue weighted by Crippen LogP contribution is -2.46. The number of nitrogens with one attached hydrogen (secondary N) is 2. The van der Waals surface area contributed by atoms with Crippen LogP contribution in [-0.2, 0) is 50.7 Å². The third kappa shape index (κ3) is 13.9. The van der Waals surface area contributed by atoms with Crippen molar-refractivity contribution in [2.45, 2.75) is 70.7 Å². The number of hydrogen-bond acceptors (Lipinski definition) is 18. The lowest BCUT2D eigenvalue weighted by atomic mass is 9.87. The van der Waals surface area contributed by atoms with Gasteiger partial charge in [-0.25, -0.2) is 28.6 Å². The Hall–Kier alpha value is -2.44. The number of aromatic nitrogens is 4. The maximum Gasteiger partial charge on any atom is 0.481 e. The van der Waals surface area contributed by atoms with Gasteiger partial charge in [-0.2, -0.15) is 16.1 Å². The zero-order valence-corrected chi connectivity index (χ0v) is 32.7. The van der Waals surface area contributed by atoms with E-state index in [0.29, 0.717) is 30.9 Å². The van der Waals surface area contributed by atoms with Gasteiger partial charge in [0.1, 0.15) is 42.0 Å². The van der Waals surface area contributed by atoms with Crippen LogP contribution < -0.4 is 16.4 Å². The van der Waals surface area contributed by atoms with Crippen molar-refractivity contribution in [1.82, 2.24) is 30.2 Å². The number of nitrogens with zero attached hydrogens (tertiary/aromatic N) is 4. The third-order valence-electron chi connectivity index (χ3n) is 7.57. The summed E-state index contributed by atoms with van der Waals surface area (Å²) in [4.78, 5) is 86.7. The van der Waals surface area contributed by atoms with E-state index in [-0.39, 0.29) is 41.6 Å². The highest BCUT2D eigenvalue weighted by Gasteiger charge is 2.50. The summed E-state index contributed by atoms with van der Waals surface area (Å²) >= 11 is 1.51. The lowest BCUT2D eigenvalue weighted by molar-refractivity contribution is -0.137. The van der Waals surface area contributed by atoms with Gasteiger partial charge in [0.25, 0.3) is 0 Å². The van der Waals surface area contributed by atoms with Gasteiger partial charge in [0.15, 0.2) is 17.7 Å². The molecule has 0 saturated carbocycles. The van der Waals surface area contributed by atoms with Crippen LogP contribution in [0.15, 0.2) is 12.7 Å². The van der Waals surface area contributed by atoms with Gasteiger partial charge >= 0.3 is 23.5 Å². The van der Waals surface area contributed by atoms with Crippen molar-refractivity contribution in [2.75, 3.05) is 43.5 Å². The molecular formula is C26H44N7O17P3S. The second-order valence-corrected chi connectivity index (χ2v) is 17.8. The monoisotopic (exact) mass is 851 g/mol. The minimum atomic E-state index is -5.56. The number of nitrogen functional groups attached to an aromatic ring is 1. The van der Waals surface area contributed by atoms with Gasteiger partial charge in [-0.05, 0) is 0 Å². The minimum absolute atomic E-state index is 0.0331. The first-order valence-corrected chi connectivity index (χ1v) is 21.7. The number of thioether (sulfide) groups is 1. The molecule has 0 aromatic carbocycles. The van der Waals surface area contributed by atoms with Crippen molar-refractivity contribution >= 4 is 69.8 Å². The van der Waals surface area contributed by atoms with E-state index >= 15 is 0 Å². The van der Waals surface area contributed by atoms with Gasteiger partial charge in [0.05, 0.1) is 19.5 Å². The van der Waals surface area contributed by atoms with Crippen molar-refractivity contribution in [3.05, 3.63) is 12.7 Å². The molecule has 1 saturated heterocycles. The molecule has 10 N–H and O–H groups in total. The molecular weight excluding hydrogens is 807 g/mol. The Kier molecular flexibility index (Phi) is 16.7. The number of ether oxygens (including phenoxy) is 1. The number of rotatable bonds is 23. The highest BCUT2D eigenvalue weighted by molar-refractivity contribution is 7.99. The molecule has 0 spiro atoms. The van der Waals surface area contributed by atoms with Gasteiger partial charge in [-0.15, -0.1) is 0 Å². The average molecular weight is 852 g/mol. The number of aliphatic hydroxyl groups is 2. The summed E-state index contributed by atoms with van der Waals surface area (Å²) in [6.07, 6.45) is -5.90. The molecule has 2 unspecified atom stereocenters. The summed E-state index contributed by atoms with van der Waals surface area (Å²) in [5, 5.41) is 26.4. The summed E-state index contributed by atoms with van der Waals surface area (Å²) in [7, 11) is -16.4. The van der Waals surface area contributed by atoms with Crippen LogP contribution >= 0.6 is 35.2 Å². The number of carbonyl (C=O) groups is 3. The number of nitrogens with two attached hydrogens (primary N) is 1. The van der Waals surface area contributed by atoms with Gasteiger partial charge in [-0.3, -0.25) is 32.5 Å². The Morgan fingerprint density at radius 3 is 2.39 bits per heavy atom. The molecule has 1 aliphatic heterocycles. The number of fused-ring (bicyclic) bond motifs is 1. The Bertz CT molecular complexity index is 1760. The molecule has 24 nitrogen and oxygen atoms in total. The molecule has 0 aliphatic carbocycles. The second kappa shape index (κ2) is 19.6. The fourth-order valence-electron chi connectivity index (χ4n) is 4.67. The van der Waals surface area contributed by atoms with Crippen molar-refractivity contribution in [3.63, 3.8) is 0 Å². The number of carbonyl (C=O) groups excluding carboxylic acids is 3. The van der Waals surface area contributed by atoms with Crippen LogP contribution in [0.3, 0.4) is 0 Å². The molecule has 1 fully saturated rings. The molecule has 306 valence electrons. The van der Waals surface area contributed by atoms with Crippen molar-refractivity contribution < 1.29 is 80.5 Å². The number of imidazole rings is 1. The van der Waals surface area contributed by atoms with Crippen molar-refractivity contribution in [1.29, 1.82) is 0 Å². The van der Waals surface area contributed by atoms with Crippen LogP contribution in [0.25, 0.3) is 11.2 Å². The van der Waals surface area contributed by atoms with E-state index in [1.807, 2.05) is 0 Å². The van der Waals surface area contributed by atoms with Crippen molar-refractivity contribution in [2.24, 2.45) is 5.41 Å². The maximum absolute atomic E-state index is 12.7. The smallest absolute Gasteiger partial charge is 0.386 e. The Morgan fingerprint density at radius 1 is 1.04 bits per heavy atom. The van der Waals surface area contributed by atoms with E-state index in [1.165, 1.54) is 25.6 Å². The summed E-state index contributed by atoms with van der Waals surface area (Å²) in [6, 6.07) is 0. The summed E-state index contributed by atoms with van der Waals surface area (Å²) in [5.74, 6) is 0.0127. The van der Waals surface area contributed by atoms with Gasteiger partial charge in [-0.1, -0.05) is 20.8 Å². The molecule has 0 bridgehead atoms. The standard InChI is InChI=1S/C26H44N7O17P3S/c1-4-15(34)6-9-54-10-8-28-17(35)5-7-29-24(38)21(37)26(2,3)12-47-53(44,45)50-52(42,43)46-11-16-20(49-51(39,40)41)19(36)25(48-16)33-14-32-18-22(27)30-13-31-23(18)33/h13-14,16,19-21,25,36-37H,4-12H2,1-3H3,(H,28,35)(H,29,38)(H,42,43)(H,44,45)(H2,27,30,31)(H2,39,40,41)/t16-,19-,20-,21+,25-/m1/s1. The Morgan fingerprint density at radius 2 is 1.72 bits per heavy atom. The van der Waals surface area contributed by atoms with E-state index in [2.05, 4.69) is 34.4 Å². The van der Waals surface area contributed by atoms with Crippen LogP contribution in [0.1, 0.15) is 46.3 Å². The normalized spacial score (nSPS) is 22.0. The van der Waals surface area contributed by atoms with Crippen LogP contribution in [0.2, 0.25) is 0 Å². The maximum atomic E-state index is 12.7. The molecule has 3 rings (SSSR count). The minimum Gasteiger partial charge on any atom is -0.386 e. The summed E-state index contributed by atoms with van der Waals surface area (Å²) < 4.78 is 62.0. The number of phosphoric ester groups is 3. The third-order valence-corrected chi connectivity index (χ3v) is 11.7. The number of amides is 2. The van der Waals surface area contributed by atoms with Gasteiger partial charge in [0, 0.05) is 49.3 Å². The van der Waals surface area contributed by atoms with E-state index < -0.39 is 78.6 Å². The first-order valence-electron chi connectivity index (χ1n) is 16.0. The molecule has 0 radical (unpaired) electrons. The molecule has 2 aromatic rings. The largest absolute Gasteiger partial charge is 0.481 e. The zero-order chi connectivity index (χ0) is 40.5. The van der Waals surface area contributed by atoms with E-state index in [1.54, 1.807) is 6.92 Å². The van der Waals surface area contributed by atoms with Crippen LogP contribution in [0.5, 0.6) is 0 Å². The van der Waals surface area contributed by atoms with Crippen LogP contribution in [0, 0.1) is 5.41 Å². The summed E-state index contributed by atoms with van der Waals surface area (Å²) in [5.41, 5.74) is 4.28. The second-order valence-electron chi connectivity index (χ2n) is 12.3. The molecule has 2 aromatic heterocycles. The predicted molar refractivity (Wildman–Crippen MR) is 187 cm³/mol. The fraction of sp³-hybridized carbons (Fsp3) is 0.692. The van der Waals surface area contributed by atoms with E-state index in [9.17, 15) is 57.9 Å². The van der Waals surface area contributed by atoms with E-state index in [0.717, 1.165) is 17.2 Å². The number of anilines is 1. The number of ketones is 1. The fourth-order valence-corrected chi connectivity index (χ4v) is 8.32. The number of Topliss-reactive ketones (excluding diaryl/α,β-unsaturated/α-hetero) is 1. The van der Waals surface area contributed by atoms with Crippen molar-refractivity contribution in [3.8, 4) is 0 Å². The quantitative estimate of drug-likeness (QED) is 0.0503. The first kappa shape index (κ1) is 45.9. The Labute approximate surface area is 312 Å². The zero-order valence-electron chi connectivity index (χ0n) is 29.2. The lowest BCUT2D eigenvalue weighted by Gasteiger charge is -2.30. The van der Waals surface area contributed by atoms with Crippen LogP contribution in [-0.4, -0.2) is 129 Å². The van der Waals surface area contributed by atoms with Gasteiger partial charge in [0.2, 0.25) is 11.8 Å². The molecule has 3 heterocycles. The molecule has 54 heavy (non-hydrogen) atoms. The Balaban J connectivity index is 1.50. The van der Waals surface area contributed by atoms with E-state index in [4.69, 9.17) is 19.5 Å². The highest BCUT2D eigenvalue weighted by Crippen LogP contribution is 2.61. The first-order chi connectivity index (χ1) is 25.1. The average Bonchev–Trinajstić information content (AvgIpc) is 3.64. The topological polar surface area (TPSA) is 364 Å². The predicted octanol–water partition coefficient (Wildman–Crippen LogP) is -0.493.